The largest absolute Gasteiger partial charge is 0.394 e. The number of aromatic nitrogens is 2. The first kappa shape index (κ1) is 14.7. The molecule has 1 aromatic rings. The third-order valence-electron chi connectivity index (χ3n) is 3.62. The van der Waals surface area contributed by atoms with Crippen LogP contribution in [0, 0.1) is 0 Å². The van der Waals surface area contributed by atoms with Crippen molar-refractivity contribution >= 4 is 0 Å². The monoisotopic (exact) mass is 284 g/mol. The van der Waals surface area contributed by atoms with Crippen LogP contribution >= 0.6 is 0 Å². The second-order valence-corrected chi connectivity index (χ2v) is 4.81. The van der Waals surface area contributed by atoms with Crippen molar-refractivity contribution in [2.45, 2.75) is 30.5 Å². The van der Waals surface area contributed by atoms with Gasteiger partial charge in [0.1, 0.15) is 17.8 Å². The lowest BCUT2D eigenvalue weighted by atomic mass is 9.87. The molecule has 8 nitrogen and oxygen atoms in total. The fourth-order valence-corrected chi connectivity index (χ4v) is 2.46. The summed E-state index contributed by atoms with van der Waals surface area (Å²) in [5, 5.41) is 29.7. The number of rotatable bonds is 3. The van der Waals surface area contributed by atoms with Crippen molar-refractivity contribution in [3.05, 3.63) is 45.8 Å². The minimum atomic E-state index is -1.93. The summed E-state index contributed by atoms with van der Waals surface area (Å²) in [7, 11) is 0. The van der Waals surface area contributed by atoms with Crippen molar-refractivity contribution < 1.29 is 20.1 Å². The molecule has 0 aromatic carbocycles. The van der Waals surface area contributed by atoms with Gasteiger partial charge in [-0.15, -0.1) is 0 Å². The van der Waals surface area contributed by atoms with Gasteiger partial charge >= 0.3 is 5.69 Å². The van der Waals surface area contributed by atoms with Crippen molar-refractivity contribution in [3.63, 3.8) is 0 Å². The number of hydrogen-bond donors (Lipinski definition) is 4. The molecule has 0 saturated carbocycles. The van der Waals surface area contributed by atoms with Crippen molar-refractivity contribution in [2.24, 2.45) is 0 Å². The maximum Gasteiger partial charge on any atom is 0.331 e. The molecule has 1 fully saturated rings. The highest BCUT2D eigenvalue weighted by Crippen LogP contribution is 2.43. The van der Waals surface area contributed by atoms with E-state index < -0.39 is 41.4 Å². The summed E-state index contributed by atoms with van der Waals surface area (Å²) in [5.41, 5.74) is -5.17. The Kier molecular flexibility index (Phi) is 3.42. The lowest BCUT2D eigenvalue weighted by Crippen LogP contribution is -2.57. The van der Waals surface area contributed by atoms with Gasteiger partial charge in [-0.1, -0.05) is 6.58 Å². The highest BCUT2D eigenvalue weighted by Gasteiger charge is 2.62. The fourth-order valence-electron chi connectivity index (χ4n) is 2.46. The Labute approximate surface area is 113 Å². The highest BCUT2D eigenvalue weighted by atomic mass is 16.6. The van der Waals surface area contributed by atoms with E-state index in [1.165, 1.54) is 6.92 Å². The summed E-state index contributed by atoms with van der Waals surface area (Å²) >= 11 is 0. The predicted molar refractivity (Wildman–Crippen MR) is 68.1 cm³/mol. The molecule has 0 spiro atoms. The minimum Gasteiger partial charge on any atom is -0.394 e. The SMILES string of the molecule is C=CC1(n2ccc(=O)[nH]c2=O)OC(CO)C(O)C1(C)O. The first-order valence-electron chi connectivity index (χ1n) is 5.95. The van der Waals surface area contributed by atoms with E-state index in [1.807, 2.05) is 4.98 Å². The van der Waals surface area contributed by atoms with E-state index in [0.717, 1.165) is 22.9 Å². The molecular formula is C12H16N2O6. The van der Waals surface area contributed by atoms with Gasteiger partial charge in [0.25, 0.3) is 5.56 Å². The molecule has 8 heteroatoms. The predicted octanol–water partition coefficient (Wildman–Crippen LogP) is -2.12. The molecule has 0 bridgehead atoms. The van der Waals surface area contributed by atoms with E-state index in [2.05, 4.69) is 6.58 Å². The van der Waals surface area contributed by atoms with Gasteiger partial charge in [0.15, 0.2) is 5.72 Å². The second kappa shape index (κ2) is 4.67. The summed E-state index contributed by atoms with van der Waals surface area (Å²) in [5.74, 6) is 0. The molecule has 0 aliphatic carbocycles. The van der Waals surface area contributed by atoms with Crippen molar-refractivity contribution in [3.8, 4) is 0 Å². The first-order valence-corrected chi connectivity index (χ1v) is 5.95. The molecule has 20 heavy (non-hydrogen) atoms. The van der Waals surface area contributed by atoms with Crippen LogP contribution in [0.5, 0.6) is 0 Å². The van der Waals surface area contributed by atoms with E-state index in [1.54, 1.807) is 0 Å². The van der Waals surface area contributed by atoms with Crippen molar-refractivity contribution in [1.82, 2.24) is 9.55 Å². The van der Waals surface area contributed by atoms with Gasteiger partial charge in [-0.25, -0.2) is 4.79 Å². The van der Waals surface area contributed by atoms with Crippen LogP contribution < -0.4 is 11.2 Å². The third kappa shape index (κ3) is 1.77. The van der Waals surface area contributed by atoms with Crippen LogP contribution in [0.3, 0.4) is 0 Å². The second-order valence-electron chi connectivity index (χ2n) is 4.81. The quantitative estimate of drug-likeness (QED) is 0.470. The van der Waals surface area contributed by atoms with Gasteiger partial charge in [-0.2, -0.15) is 0 Å². The smallest absolute Gasteiger partial charge is 0.331 e. The molecule has 1 aliphatic rings. The van der Waals surface area contributed by atoms with Crippen molar-refractivity contribution in [1.29, 1.82) is 0 Å². The van der Waals surface area contributed by atoms with E-state index in [9.17, 15) is 24.9 Å². The Hall–Kier alpha value is -1.74. The molecule has 1 aliphatic heterocycles. The molecule has 110 valence electrons. The number of H-pyrrole nitrogens is 1. The Balaban J connectivity index is 2.68. The van der Waals surface area contributed by atoms with Gasteiger partial charge in [0.2, 0.25) is 0 Å². The fraction of sp³-hybridized carbons (Fsp3) is 0.500. The van der Waals surface area contributed by atoms with E-state index >= 15 is 0 Å². The van der Waals surface area contributed by atoms with E-state index in [4.69, 9.17) is 4.74 Å². The van der Waals surface area contributed by atoms with E-state index in [-0.39, 0.29) is 0 Å². The van der Waals surface area contributed by atoms with Crippen LogP contribution in [0.4, 0.5) is 0 Å². The van der Waals surface area contributed by atoms with Gasteiger partial charge < -0.3 is 20.1 Å². The van der Waals surface area contributed by atoms with Gasteiger partial charge in [0.05, 0.1) is 6.61 Å². The third-order valence-corrected chi connectivity index (χ3v) is 3.62. The molecule has 1 saturated heterocycles. The lowest BCUT2D eigenvalue weighted by Gasteiger charge is -2.37. The number of aliphatic hydroxyl groups is 3. The molecule has 0 radical (unpaired) electrons. The maximum absolute atomic E-state index is 11.9. The molecule has 4 unspecified atom stereocenters. The molecule has 4 atom stereocenters. The summed E-state index contributed by atoms with van der Waals surface area (Å²) in [4.78, 5) is 25.0. The zero-order chi connectivity index (χ0) is 15.1. The molecule has 0 amide bonds. The van der Waals surface area contributed by atoms with E-state index in [0.29, 0.717) is 0 Å². The van der Waals surface area contributed by atoms with Crippen LogP contribution in [0.25, 0.3) is 0 Å². The van der Waals surface area contributed by atoms with Crippen LogP contribution in [0.15, 0.2) is 34.5 Å². The van der Waals surface area contributed by atoms with Gasteiger partial charge in [-0.3, -0.25) is 14.3 Å². The van der Waals surface area contributed by atoms with Gasteiger partial charge in [-0.05, 0) is 13.0 Å². The lowest BCUT2D eigenvalue weighted by molar-refractivity contribution is -0.157. The molecule has 1 aromatic heterocycles. The maximum atomic E-state index is 11.9. The standard InChI is InChI=1S/C12H16N2O6/c1-3-12(14-5-4-8(16)13-10(14)18)11(2,19)9(17)7(6-15)20-12/h3-5,7,9,15,17,19H,1,6H2,2H3,(H,13,16,18). The Bertz CT molecular complexity index is 633. The first-order chi connectivity index (χ1) is 9.30. The average molecular weight is 284 g/mol. The number of hydrogen-bond acceptors (Lipinski definition) is 6. The minimum absolute atomic E-state index is 0.551. The molecule has 4 N–H and O–H groups in total. The summed E-state index contributed by atoms with van der Waals surface area (Å²) in [6.07, 6.45) is -0.263. The number of nitrogens with zero attached hydrogens (tertiary/aromatic N) is 1. The number of ether oxygens (including phenoxy) is 1. The van der Waals surface area contributed by atoms with Crippen LogP contribution in [-0.4, -0.2) is 49.3 Å². The highest BCUT2D eigenvalue weighted by molar-refractivity contribution is 5.16. The molecule has 2 rings (SSSR count). The zero-order valence-electron chi connectivity index (χ0n) is 10.8. The number of aromatic amines is 1. The normalized spacial score (nSPS) is 37.0. The number of aliphatic hydroxyl groups excluding tert-OH is 2. The molecular weight excluding hydrogens is 268 g/mol. The summed E-state index contributed by atoms with van der Waals surface area (Å²) in [6, 6.07) is 1.07. The van der Waals surface area contributed by atoms with Crippen LogP contribution in [0.1, 0.15) is 6.92 Å². The average Bonchev–Trinajstić information content (AvgIpc) is 2.59. The Morgan fingerprint density at radius 1 is 1.60 bits per heavy atom. The topological polar surface area (TPSA) is 125 Å². The van der Waals surface area contributed by atoms with Gasteiger partial charge in [0, 0.05) is 12.3 Å². The van der Waals surface area contributed by atoms with Crippen molar-refractivity contribution in [2.75, 3.05) is 6.61 Å². The summed E-state index contributed by atoms with van der Waals surface area (Å²) < 4.78 is 6.37. The Morgan fingerprint density at radius 3 is 2.70 bits per heavy atom. The van der Waals surface area contributed by atoms with Crippen LogP contribution in [-0.2, 0) is 10.5 Å². The summed E-state index contributed by atoms with van der Waals surface area (Å²) in [6.45, 7) is 4.23. The number of nitrogens with one attached hydrogen (secondary N) is 1. The zero-order valence-corrected chi connectivity index (χ0v) is 10.8. The molecule has 2 heterocycles. The van der Waals surface area contributed by atoms with Crippen LogP contribution in [0.2, 0.25) is 0 Å². The Morgan fingerprint density at radius 2 is 2.25 bits per heavy atom.